The van der Waals surface area contributed by atoms with Crippen LogP contribution in [0.5, 0.6) is 11.5 Å². The van der Waals surface area contributed by atoms with Gasteiger partial charge in [-0.1, -0.05) is 18.2 Å². The Morgan fingerprint density at radius 2 is 1.43 bits per heavy atom. The summed E-state index contributed by atoms with van der Waals surface area (Å²) in [6.45, 7) is 0.440. The molecular weight excluding hydrogens is 690 g/mol. The maximum absolute atomic E-state index is 11.5. The monoisotopic (exact) mass is 716 g/mol. The van der Waals surface area contributed by atoms with Crippen LogP contribution >= 0.6 is 45.2 Å². The van der Waals surface area contributed by atoms with Crippen molar-refractivity contribution in [1.82, 2.24) is 5.48 Å². The molecule has 2 rings (SSSR count). The van der Waals surface area contributed by atoms with E-state index in [2.05, 4.69) is 60.1 Å². The van der Waals surface area contributed by atoms with Gasteiger partial charge in [-0.05, 0) is 63.4 Å². The van der Waals surface area contributed by atoms with Crippen molar-refractivity contribution in [3.05, 3.63) is 59.9 Å². The smallest absolute Gasteiger partial charge is 0.396 e. The lowest BCUT2D eigenvalue weighted by atomic mass is 10.2. The number of halogens is 2. The molecule has 0 aliphatic heterocycles. The molecule has 0 radical (unpaired) electrons. The fourth-order valence-corrected chi connectivity index (χ4v) is 3.89. The molecule has 2 aromatic rings. The number of hydrogen-bond acceptors (Lipinski definition) is 10. The zero-order valence-corrected chi connectivity index (χ0v) is 23.8. The lowest BCUT2D eigenvalue weighted by Crippen LogP contribution is -2.14. The summed E-state index contributed by atoms with van der Waals surface area (Å²) in [6, 6.07) is 11.3. The van der Waals surface area contributed by atoms with Gasteiger partial charge in [0, 0.05) is 12.1 Å². The minimum Gasteiger partial charge on any atom is -0.623 e. The molecule has 0 saturated carbocycles. The molecule has 0 aliphatic carbocycles. The number of aldehydes is 1. The van der Waals surface area contributed by atoms with Gasteiger partial charge in [0.15, 0.2) is 6.54 Å². The highest BCUT2D eigenvalue weighted by Gasteiger charge is 2.11. The average molecular weight is 716 g/mol. The first kappa shape index (κ1) is 32.5. The number of hydroxylamine groups is 2. The molecular formula is C22H26I2N2O9. The van der Waals surface area contributed by atoms with Crippen molar-refractivity contribution < 1.29 is 43.3 Å². The molecule has 0 amide bonds. The summed E-state index contributed by atoms with van der Waals surface area (Å²) in [5.41, 5.74) is 3.77. The quantitative estimate of drug-likeness (QED) is 0.0612. The number of nitrogens with one attached hydrogen (secondary N) is 1. The Kier molecular flexibility index (Phi) is 17.4. The summed E-state index contributed by atoms with van der Waals surface area (Å²) in [5.74, 6) is -0.0496. The molecule has 0 heterocycles. The van der Waals surface area contributed by atoms with Crippen molar-refractivity contribution in [3.8, 4) is 11.5 Å². The highest BCUT2D eigenvalue weighted by molar-refractivity contribution is 14.1. The molecule has 0 aromatic heterocycles. The van der Waals surface area contributed by atoms with Gasteiger partial charge in [-0.25, -0.2) is 19.8 Å². The first-order valence-corrected chi connectivity index (χ1v) is 11.7. The first-order valence-electron chi connectivity index (χ1n) is 9.58. The number of rotatable bonds is 8. The number of carbonyl (C=O) groups excluding carboxylic acids is 3. The zero-order valence-electron chi connectivity index (χ0n) is 19.4. The molecule has 0 saturated heterocycles. The molecule has 11 nitrogen and oxygen atoms in total. The molecule has 0 fully saturated rings. The van der Waals surface area contributed by atoms with Gasteiger partial charge in [-0.3, -0.25) is 4.79 Å². The van der Waals surface area contributed by atoms with Crippen LogP contribution in [0.3, 0.4) is 0 Å². The largest absolute Gasteiger partial charge is 0.623 e. The summed E-state index contributed by atoms with van der Waals surface area (Å²) in [6.07, 6.45) is 0.972. The SMILES string of the molecule is COC(=O)/C=[N+](\[O-])Cc1cccc(I)c1OC.COC(=O)C=O.COc1c(I)cccc1CNO. The Labute approximate surface area is 230 Å². The maximum atomic E-state index is 11.5. The Morgan fingerprint density at radius 3 is 1.83 bits per heavy atom. The topological polar surface area (TPSA) is 146 Å². The van der Waals surface area contributed by atoms with Crippen molar-refractivity contribution >= 4 is 69.6 Å². The van der Waals surface area contributed by atoms with E-state index in [4.69, 9.17) is 14.7 Å². The number of ether oxygens (including phenoxy) is 4. The Balaban J connectivity index is 0.000000557. The fourth-order valence-electron chi connectivity index (χ4n) is 2.35. The minimum atomic E-state index is -0.838. The van der Waals surface area contributed by atoms with E-state index in [1.54, 1.807) is 20.3 Å². The van der Waals surface area contributed by atoms with Gasteiger partial charge in [0.05, 0.1) is 41.1 Å². The van der Waals surface area contributed by atoms with Gasteiger partial charge >= 0.3 is 11.9 Å². The van der Waals surface area contributed by atoms with Gasteiger partial charge in [-0.15, -0.1) is 0 Å². The molecule has 35 heavy (non-hydrogen) atoms. The van der Waals surface area contributed by atoms with Crippen LogP contribution in [-0.2, 0) is 36.9 Å². The third kappa shape index (κ3) is 12.7. The van der Waals surface area contributed by atoms with Crippen LogP contribution in [0.4, 0.5) is 0 Å². The number of methoxy groups -OCH3 is 4. The second-order valence-corrected chi connectivity index (χ2v) is 8.39. The standard InChI is InChI=1S/C11H12INO4.C8H10INO2.C3H4O3/c1-16-10(14)7-13(15)6-8-4-3-5-9(12)11(8)17-2;1-12-8-6(5-10-11)3-2-4-7(8)9;1-6-3(5)2-4/h3-5,7H,6H2,1-2H3;2-4,10-11H,5H2,1H3;2H,1H3/b13-7-;;. The third-order valence-electron chi connectivity index (χ3n) is 3.85. The first-order chi connectivity index (χ1) is 16.7. The number of benzene rings is 2. The van der Waals surface area contributed by atoms with E-state index in [9.17, 15) is 19.6 Å². The Hall–Kier alpha value is -2.50. The number of carbonyl (C=O) groups is 3. The van der Waals surface area contributed by atoms with Gasteiger partial charge < -0.3 is 29.4 Å². The molecule has 13 heteroatoms. The van der Waals surface area contributed by atoms with Gasteiger partial charge in [0.1, 0.15) is 11.5 Å². The second-order valence-electron chi connectivity index (χ2n) is 6.07. The Bertz CT molecular complexity index is 1000. The van der Waals surface area contributed by atoms with Crippen LogP contribution < -0.4 is 15.0 Å². The molecule has 0 aliphatic rings. The van der Waals surface area contributed by atoms with E-state index in [1.807, 2.05) is 30.3 Å². The van der Waals surface area contributed by atoms with E-state index in [0.29, 0.717) is 17.0 Å². The molecule has 0 spiro atoms. The van der Waals surface area contributed by atoms with E-state index >= 15 is 0 Å². The van der Waals surface area contributed by atoms with E-state index < -0.39 is 11.9 Å². The highest BCUT2D eigenvalue weighted by Crippen LogP contribution is 2.26. The van der Waals surface area contributed by atoms with Crippen LogP contribution in [0, 0.1) is 12.3 Å². The van der Waals surface area contributed by atoms with Crippen molar-refractivity contribution in [2.75, 3.05) is 28.4 Å². The van der Waals surface area contributed by atoms with Crippen LogP contribution in [0.15, 0.2) is 36.4 Å². The fraction of sp³-hybridized carbons (Fsp3) is 0.273. The molecule has 0 atom stereocenters. The molecule has 0 unspecified atom stereocenters. The summed E-state index contributed by atoms with van der Waals surface area (Å²) in [5, 5.41) is 20.0. The lowest BCUT2D eigenvalue weighted by Gasteiger charge is -2.09. The number of esters is 2. The molecule has 2 aromatic carbocycles. The number of nitrogens with zero attached hydrogens (tertiary/aromatic N) is 1. The van der Waals surface area contributed by atoms with Crippen LogP contribution in [0.25, 0.3) is 0 Å². The third-order valence-corrected chi connectivity index (χ3v) is 5.55. The van der Waals surface area contributed by atoms with E-state index in [0.717, 1.165) is 37.3 Å². The lowest BCUT2D eigenvalue weighted by molar-refractivity contribution is -0.469. The van der Waals surface area contributed by atoms with Crippen LogP contribution in [0.2, 0.25) is 0 Å². The van der Waals surface area contributed by atoms with Crippen molar-refractivity contribution in [3.63, 3.8) is 0 Å². The van der Waals surface area contributed by atoms with Gasteiger partial charge in [0.2, 0.25) is 6.29 Å². The van der Waals surface area contributed by atoms with E-state index in [-0.39, 0.29) is 12.8 Å². The summed E-state index contributed by atoms with van der Waals surface area (Å²) in [7, 11) is 5.54. The Morgan fingerprint density at radius 1 is 0.943 bits per heavy atom. The average Bonchev–Trinajstić information content (AvgIpc) is 2.84. The van der Waals surface area contributed by atoms with Crippen molar-refractivity contribution in [2.24, 2.45) is 0 Å². The van der Waals surface area contributed by atoms with Gasteiger partial charge in [-0.2, -0.15) is 0 Å². The summed E-state index contributed by atoms with van der Waals surface area (Å²) < 4.78 is 21.1. The summed E-state index contributed by atoms with van der Waals surface area (Å²) >= 11 is 4.31. The second kappa shape index (κ2) is 18.8. The van der Waals surface area contributed by atoms with Crippen LogP contribution in [-0.4, -0.2) is 62.8 Å². The summed E-state index contributed by atoms with van der Waals surface area (Å²) in [4.78, 5) is 29.7. The zero-order chi connectivity index (χ0) is 26.8. The van der Waals surface area contributed by atoms with E-state index in [1.165, 1.54) is 7.11 Å². The predicted molar refractivity (Wildman–Crippen MR) is 144 cm³/mol. The van der Waals surface area contributed by atoms with Gasteiger partial charge in [0.25, 0.3) is 6.21 Å². The molecule has 0 bridgehead atoms. The minimum absolute atomic E-state index is 0.0368. The van der Waals surface area contributed by atoms with Crippen LogP contribution in [0.1, 0.15) is 11.1 Å². The highest BCUT2D eigenvalue weighted by atomic mass is 127. The number of para-hydroxylation sites is 2. The normalized spacial score (nSPS) is 9.97. The molecule has 2 N–H and O–H groups in total. The predicted octanol–water partition coefficient (Wildman–Crippen LogP) is 2.69. The number of hydrogen-bond donors (Lipinski definition) is 2. The maximum Gasteiger partial charge on any atom is 0.396 e. The van der Waals surface area contributed by atoms with Crippen molar-refractivity contribution in [1.29, 1.82) is 0 Å². The van der Waals surface area contributed by atoms with Crippen molar-refractivity contribution in [2.45, 2.75) is 13.1 Å². The molecule has 192 valence electrons.